The molecule has 0 unspecified atom stereocenters. The number of aliphatic imine (C=N–C) groups is 1. The third-order valence-corrected chi connectivity index (χ3v) is 3.68. The molecule has 0 bridgehead atoms. The Morgan fingerprint density at radius 1 is 1.17 bits per heavy atom. The summed E-state index contributed by atoms with van der Waals surface area (Å²) in [5.74, 6) is 0.369. The maximum Gasteiger partial charge on any atom is 0.251 e. The average molecular weight is 318 g/mol. The summed E-state index contributed by atoms with van der Waals surface area (Å²) >= 11 is 0. The summed E-state index contributed by atoms with van der Waals surface area (Å²) < 4.78 is 0. The molecule has 0 saturated heterocycles. The van der Waals surface area contributed by atoms with Gasteiger partial charge in [-0.15, -0.1) is 0 Å². The molecule has 0 spiro atoms. The number of nitrogens with one attached hydrogen (secondary N) is 2. The van der Waals surface area contributed by atoms with Gasteiger partial charge in [-0.1, -0.05) is 51.2 Å². The molecule has 0 atom stereocenters. The van der Waals surface area contributed by atoms with Crippen LogP contribution in [0, 0.1) is 0 Å². The summed E-state index contributed by atoms with van der Waals surface area (Å²) in [6, 6.07) is 7.42. The van der Waals surface area contributed by atoms with E-state index < -0.39 is 0 Å². The van der Waals surface area contributed by atoms with Gasteiger partial charge in [-0.2, -0.15) is 0 Å². The van der Waals surface area contributed by atoms with Crippen molar-refractivity contribution in [1.82, 2.24) is 10.6 Å². The van der Waals surface area contributed by atoms with Crippen molar-refractivity contribution in [3.05, 3.63) is 35.4 Å². The number of rotatable bonds is 10. The van der Waals surface area contributed by atoms with Gasteiger partial charge in [-0.25, -0.2) is 4.99 Å². The normalized spacial score (nSPS) is 11.3. The Balaban J connectivity index is 2.29. The minimum absolute atomic E-state index is 0.0926. The van der Waals surface area contributed by atoms with Crippen molar-refractivity contribution in [1.29, 1.82) is 0 Å². The number of hydrogen-bond donors (Lipinski definition) is 3. The molecule has 0 heterocycles. The van der Waals surface area contributed by atoms with Crippen LogP contribution in [0.15, 0.2) is 29.3 Å². The Hall–Kier alpha value is -2.04. The van der Waals surface area contributed by atoms with Crippen molar-refractivity contribution in [2.24, 2.45) is 10.7 Å². The second-order valence-corrected chi connectivity index (χ2v) is 5.68. The van der Waals surface area contributed by atoms with Gasteiger partial charge in [-0.3, -0.25) is 4.79 Å². The fourth-order valence-electron chi connectivity index (χ4n) is 2.31. The van der Waals surface area contributed by atoms with Gasteiger partial charge in [0.1, 0.15) is 0 Å². The van der Waals surface area contributed by atoms with Crippen LogP contribution in [0.2, 0.25) is 0 Å². The van der Waals surface area contributed by atoms with Crippen LogP contribution in [0.5, 0.6) is 0 Å². The molecule has 128 valence electrons. The van der Waals surface area contributed by atoms with E-state index in [0.717, 1.165) is 18.5 Å². The number of nitrogens with zero attached hydrogens (tertiary/aromatic N) is 1. The highest BCUT2D eigenvalue weighted by molar-refractivity contribution is 5.94. The van der Waals surface area contributed by atoms with Crippen LogP contribution in [0.25, 0.3) is 0 Å². The van der Waals surface area contributed by atoms with Crippen LogP contribution < -0.4 is 16.4 Å². The smallest absolute Gasteiger partial charge is 0.251 e. The number of carbonyl (C=O) groups excluding carboxylic acids is 1. The lowest BCUT2D eigenvalue weighted by Crippen LogP contribution is -2.32. The lowest BCUT2D eigenvalue weighted by molar-refractivity contribution is 0.0963. The van der Waals surface area contributed by atoms with Crippen molar-refractivity contribution in [3.8, 4) is 0 Å². The predicted octanol–water partition coefficient (Wildman–Crippen LogP) is 2.81. The fourth-order valence-corrected chi connectivity index (χ4v) is 2.31. The summed E-state index contributed by atoms with van der Waals surface area (Å²) in [5, 5.41) is 5.75. The van der Waals surface area contributed by atoms with Gasteiger partial charge >= 0.3 is 0 Å². The van der Waals surface area contributed by atoms with Crippen molar-refractivity contribution in [3.63, 3.8) is 0 Å². The topological polar surface area (TPSA) is 79.5 Å². The van der Waals surface area contributed by atoms with E-state index in [9.17, 15) is 4.79 Å². The Kier molecular flexibility index (Phi) is 9.52. The number of amides is 1. The molecule has 4 N–H and O–H groups in total. The lowest BCUT2D eigenvalue weighted by atomic mass is 10.1. The van der Waals surface area contributed by atoms with Gasteiger partial charge in [0, 0.05) is 19.2 Å². The number of carbonyl (C=O) groups is 1. The van der Waals surface area contributed by atoms with E-state index >= 15 is 0 Å². The molecule has 5 heteroatoms. The fraction of sp³-hybridized carbons (Fsp3) is 0.556. The molecule has 0 aliphatic carbocycles. The highest BCUT2D eigenvalue weighted by Crippen LogP contribution is 2.07. The first-order valence-corrected chi connectivity index (χ1v) is 8.52. The van der Waals surface area contributed by atoms with Crippen molar-refractivity contribution in [2.45, 2.75) is 52.0 Å². The molecule has 0 aromatic heterocycles. The monoisotopic (exact) mass is 318 g/mol. The zero-order chi connectivity index (χ0) is 16.9. The minimum atomic E-state index is -0.0926. The molecule has 0 aliphatic heterocycles. The summed E-state index contributed by atoms with van der Waals surface area (Å²) in [6.07, 6.45) is 7.56. The van der Waals surface area contributed by atoms with Gasteiger partial charge in [0.15, 0.2) is 5.96 Å². The molecule has 0 fully saturated rings. The molecule has 1 amide bonds. The van der Waals surface area contributed by atoms with E-state index in [0.29, 0.717) is 18.1 Å². The van der Waals surface area contributed by atoms with Crippen LogP contribution in [-0.2, 0) is 6.54 Å². The van der Waals surface area contributed by atoms with Crippen LogP contribution in [-0.4, -0.2) is 25.5 Å². The van der Waals surface area contributed by atoms with Crippen molar-refractivity contribution in [2.75, 3.05) is 13.6 Å². The molecule has 1 aromatic carbocycles. The van der Waals surface area contributed by atoms with E-state index in [-0.39, 0.29) is 5.91 Å². The molecule has 0 saturated carbocycles. The molecule has 1 rings (SSSR count). The van der Waals surface area contributed by atoms with Gasteiger partial charge < -0.3 is 16.4 Å². The van der Waals surface area contributed by atoms with E-state index in [4.69, 9.17) is 5.73 Å². The predicted molar refractivity (Wildman–Crippen MR) is 96.5 cm³/mol. The molecule has 5 nitrogen and oxygen atoms in total. The number of nitrogens with two attached hydrogens (primary N) is 1. The molecular weight excluding hydrogens is 288 g/mol. The first kappa shape index (κ1) is 19.0. The average Bonchev–Trinajstić information content (AvgIpc) is 2.58. The zero-order valence-electron chi connectivity index (χ0n) is 14.4. The van der Waals surface area contributed by atoms with Crippen LogP contribution in [0.4, 0.5) is 0 Å². The number of benzene rings is 1. The summed E-state index contributed by atoms with van der Waals surface area (Å²) in [7, 11) is 1.62. The van der Waals surface area contributed by atoms with Crippen molar-refractivity contribution >= 4 is 11.9 Å². The molecular formula is C18H30N4O. The lowest BCUT2D eigenvalue weighted by Gasteiger charge is -2.06. The van der Waals surface area contributed by atoms with E-state index in [1.165, 1.54) is 32.1 Å². The quantitative estimate of drug-likeness (QED) is 0.352. The highest BCUT2D eigenvalue weighted by Gasteiger charge is 2.03. The van der Waals surface area contributed by atoms with Crippen LogP contribution in [0.1, 0.15) is 61.4 Å². The van der Waals surface area contributed by atoms with Gasteiger partial charge in [0.25, 0.3) is 5.91 Å². The van der Waals surface area contributed by atoms with Crippen LogP contribution in [0.3, 0.4) is 0 Å². The third-order valence-electron chi connectivity index (χ3n) is 3.68. The Labute approximate surface area is 139 Å². The molecule has 23 heavy (non-hydrogen) atoms. The maximum absolute atomic E-state index is 11.6. The summed E-state index contributed by atoms with van der Waals surface area (Å²) in [4.78, 5) is 15.9. The van der Waals surface area contributed by atoms with Crippen LogP contribution >= 0.6 is 0 Å². The first-order valence-electron chi connectivity index (χ1n) is 8.52. The zero-order valence-corrected chi connectivity index (χ0v) is 14.4. The Morgan fingerprint density at radius 3 is 2.65 bits per heavy atom. The number of unbranched alkanes of at least 4 members (excludes halogenated alkanes) is 5. The number of guanidine groups is 1. The second-order valence-electron chi connectivity index (χ2n) is 5.68. The summed E-state index contributed by atoms with van der Waals surface area (Å²) in [5.41, 5.74) is 7.47. The molecule has 0 aliphatic rings. The van der Waals surface area contributed by atoms with Crippen molar-refractivity contribution < 1.29 is 4.79 Å². The van der Waals surface area contributed by atoms with Gasteiger partial charge in [0.2, 0.25) is 0 Å². The second kappa shape index (κ2) is 11.5. The third kappa shape index (κ3) is 8.24. The SMILES string of the molecule is CCCCCCCCNC(N)=NCc1cccc(C(=O)NC)c1. The Morgan fingerprint density at radius 2 is 1.91 bits per heavy atom. The Bertz CT molecular complexity index is 500. The maximum atomic E-state index is 11.6. The first-order chi connectivity index (χ1) is 11.2. The largest absolute Gasteiger partial charge is 0.370 e. The van der Waals surface area contributed by atoms with E-state index in [2.05, 4.69) is 22.5 Å². The van der Waals surface area contributed by atoms with E-state index in [1.54, 1.807) is 13.1 Å². The standard InChI is InChI=1S/C18H30N4O/c1-3-4-5-6-7-8-12-21-18(19)22-14-15-10-9-11-16(13-15)17(23)20-2/h9-11,13H,3-8,12,14H2,1-2H3,(H,20,23)(H3,19,21,22). The summed E-state index contributed by atoms with van der Waals surface area (Å²) in [6.45, 7) is 3.56. The molecule has 1 aromatic rings. The van der Waals surface area contributed by atoms with Gasteiger partial charge in [-0.05, 0) is 24.1 Å². The number of hydrogen-bond acceptors (Lipinski definition) is 2. The van der Waals surface area contributed by atoms with E-state index in [1.807, 2.05) is 18.2 Å². The minimum Gasteiger partial charge on any atom is -0.370 e. The molecule has 0 radical (unpaired) electrons. The highest BCUT2D eigenvalue weighted by atomic mass is 16.1. The van der Waals surface area contributed by atoms with Gasteiger partial charge in [0.05, 0.1) is 6.54 Å².